The Hall–Kier alpha value is -2.92. The third-order valence-corrected chi connectivity index (χ3v) is 4.45. The Bertz CT molecular complexity index is 869. The predicted octanol–water partition coefficient (Wildman–Crippen LogP) is 4.10. The monoisotopic (exact) mass is 380 g/mol. The second-order valence-corrected chi connectivity index (χ2v) is 6.50. The second-order valence-electron chi connectivity index (χ2n) is 6.09. The van der Waals surface area contributed by atoms with E-state index in [4.69, 9.17) is 11.6 Å². The van der Waals surface area contributed by atoms with Gasteiger partial charge in [0, 0.05) is 18.1 Å². The van der Waals surface area contributed by atoms with Gasteiger partial charge >= 0.3 is 0 Å². The minimum Gasteiger partial charge on any atom is -0.369 e. The molecule has 0 bridgehead atoms. The van der Waals surface area contributed by atoms with Crippen molar-refractivity contribution in [3.63, 3.8) is 0 Å². The van der Waals surface area contributed by atoms with Crippen LogP contribution in [0.15, 0.2) is 66.7 Å². The molecule has 5 nitrogen and oxygen atoms in total. The number of hydrogen-bond donors (Lipinski definition) is 2. The fourth-order valence-corrected chi connectivity index (χ4v) is 2.81. The van der Waals surface area contributed by atoms with Gasteiger partial charge in [-0.2, -0.15) is 0 Å². The van der Waals surface area contributed by atoms with Crippen molar-refractivity contribution in [3.05, 3.63) is 88.6 Å². The molecule has 0 atom stereocenters. The molecule has 0 aliphatic rings. The maximum atomic E-state index is 12.2. The van der Waals surface area contributed by atoms with Crippen LogP contribution in [0.2, 0.25) is 5.02 Å². The first-order chi connectivity index (χ1) is 13.2. The van der Waals surface area contributed by atoms with Crippen molar-refractivity contribution in [1.82, 2.24) is 15.5 Å². The largest absolute Gasteiger partial charge is 0.369 e. The molecule has 138 valence electrons. The fourth-order valence-electron chi connectivity index (χ4n) is 2.61. The summed E-state index contributed by atoms with van der Waals surface area (Å²) in [6, 6.07) is 21.2. The molecule has 0 aliphatic carbocycles. The van der Waals surface area contributed by atoms with Gasteiger partial charge in [0.1, 0.15) is 5.82 Å². The van der Waals surface area contributed by atoms with Gasteiger partial charge in [-0.1, -0.05) is 60.1 Å². The molecule has 2 N–H and O–H groups in total. The number of benzene rings is 2. The van der Waals surface area contributed by atoms with Gasteiger partial charge in [0.25, 0.3) is 5.91 Å². The zero-order chi connectivity index (χ0) is 18.9. The van der Waals surface area contributed by atoms with Crippen LogP contribution in [0.4, 0.5) is 5.82 Å². The van der Waals surface area contributed by atoms with Crippen molar-refractivity contribution < 1.29 is 4.79 Å². The van der Waals surface area contributed by atoms with Crippen LogP contribution >= 0.6 is 11.6 Å². The highest BCUT2D eigenvalue weighted by Gasteiger charge is 2.09. The average molecular weight is 381 g/mol. The Labute approximate surface area is 163 Å². The molecule has 0 unspecified atom stereocenters. The Morgan fingerprint density at radius 1 is 0.926 bits per heavy atom. The molecule has 0 saturated heterocycles. The van der Waals surface area contributed by atoms with E-state index in [1.807, 2.05) is 36.4 Å². The van der Waals surface area contributed by atoms with Gasteiger partial charge < -0.3 is 10.6 Å². The lowest BCUT2D eigenvalue weighted by atomic mass is 10.1. The molecule has 0 aliphatic heterocycles. The van der Waals surface area contributed by atoms with E-state index >= 15 is 0 Å². The maximum Gasteiger partial charge on any atom is 0.272 e. The van der Waals surface area contributed by atoms with E-state index in [2.05, 4.69) is 33.0 Å². The summed E-state index contributed by atoms with van der Waals surface area (Å²) < 4.78 is 0. The minimum absolute atomic E-state index is 0.275. The highest BCUT2D eigenvalue weighted by Crippen LogP contribution is 2.14. The zero-order valence-corrected chi connectivity index (χ0v) is 15.6. The maximum absolute atomic E-state index is 12.2. The number of amides is 1. The van der Waals surface area contributed by atoms with Crippen LogP contribution in [0.1, 0.15) is 28.0 Å². The number of nitrogens with zero attached hydrogens (tertiary/aromatic N) is 2. The van der Waals surface area contributed by atoms with E-state index in [0.29, 0.717) is 17.4 Å². The normalized spacial score (nSPS) is 10.4. The SMILES string of the molecule is O=C(NCc1ccccc1Cl)c1ccc(NCCCc2ccccc2)nn1. The summed E-state index contributed by atoms with van der Waals surface area (Å²) in [5.41, 5.74) is 2.45. The van der Waals surface area contributed by atoms with Crippen molar-refractivity contribution in [2.75, 3.05) is 11.9 Å². The number of carbonyl (C=O) groups excluding carboxylic acids is 1. The lowest BCUT2D eigenvalue weighted by Crippen LogP contribution is -2.24. The quantitative estimate of drug-likeness (QED) is 0.577. The van der Waals surface area contributed by atoms with Crippen molar-refractivity contribution in [2.45, 2.75) is 19.4 Å². The molecule has 0 saturated carbocycles. The number of anilines is 1. The summed E-state index contributed by atoms with van der Waals surface area (Å²) in [5.74, 6) is 0.378. The zero-order valence-electron chi connectivity index (χ0n) is 14.9. The summed E-state index contributed by atoms with van der Waals surface area (Å²) >= 11 is 6.09. The van der Waals surface area contributed by atoms with E-state index < -0.39 is 0 Å². The molecule has 27 heavy (non-hydrogen) atoms. The summed E-state index contributed by atoms with van der Waals surface area (Å²) in [6.07, 6.45) is 2.00. The van der Waals surface area contributed by atoms with Gasteiger partial charge in [-0.3, -0.25) is 4.79 Å². The van der Waals surface area contributed by atoms with Crippen molar-refractivity contribution in [2.24, 2.45) is 0 Å². The molecule has 0 spiro atoms. The number of halogens is 1. The van der Waals surface area contributed by atoms with Gasteiger partial charge in [-0.25, -0.2) is 0 Å². The Balaban J connectivity index is 1.43. The number of nitrogens with one attached hydrogen (secondary N) is 2. The van der Waals surface area contributed by atoms with Crippen LogP contribution in [0.3, 0.4) is 0 Å². The van der Waals surface area contributed by atoms with E-state index in [9.17, 15) is 4.79 Å². The molecule has 3 rings (SSSR count). The van der Waals surface area contributed by atoms with Gasteiger partial charge in [-0.05, 0) is 42.2 Å². The van der Waals surface area contributed by atoms with Crippen molar-refractivity contribution in [1.29, 1.82) is 0 Å². The molecule has 0 radical (unpaired) electrons. The summed E-state index contributed by atoms with van der Waals surface area (Å²) in [7, 11) is 0. The van der Waals surface area contributed by atoms with Crippen LogP contribution in [0.25, 0.3) is 0 Å². The third-order valence-electron chi connectivity index (χ3n) is 4.09. The van der Waals surface area contributed by atoms with Crippen LogP contribution < -0.4 is 10.6 Å². The van der Waals surface area contributed by atoms with Gasteiger partial charge in [0.15, 0.2) is 5.69 Å². The number of hydrogen-bond acceptors (Lipinski definition) is 4. The first kappa shape index (κ1) is 18.9. The first-order valence-corrected chi connectivity index (χ1v) is 9.23. The summed E-state index contributed by atoms with van der Waals surface area (Å²) in [5, 5.41) is 14.7. The molecule has 2 aromatic carbocycles. The van der Waals surface area contributed by atoms with E-state index in [1.54, 1.807) is 18.2 Å². The van der Waals surface area contributed by atoms with E-state index in [-0.39, 0.29) is 11.6 Å². The summed E-state index contributed by atoms with van der Waals surface area (Å²) in [6.45, 7) is 1.14. The van der Waals surface area contributed by atoms with Crippen molar-refractivity contribution in [3.8, 4) is 0 Å². The van der Waals surface area contributed by atoms with E-state index in [1.165, 1.54) is 5.56 Å². The van der Waals surface area contributed by atoms with Crippen LogP contribution in [-0.4, -0.2) is 22.6 Å². The second kappa shape index (κ2) is 9.69. The topological polar surface area (TPSA) is 66.9 Å². The number of carbonyl (C=O) groups is 1. The molecular formula is C21H21ClN4O. The lowest BCUT2D eigenvalue weighted by molar-refractivity contribution is 0.0945. The highest BCUT2D eigenvalue weighted by molar-refractivity contribution is 6.31. The van der Waals surface area contributed by atoms with E-state index in [0.717, 1.165) is 24.9 Å². The van der Waals surface area contributed by atoms with Crippen LogP contribution in [0, 0.1) is 0 Å². The number of rotatable bonds is 8. The molecule has 1 aromatic heterocycles. The predicted molar refractivity (Wildman–Crippen MR) is 108 cm³/mol. The fraction of sp³-hybridized carbons (Fsp3) is 0.190. The Kier molecular flexibility index (Phi) is 6.77. The molecular weight excluding hydrogens is 360 g/mol. The molecule has 0 fully saturated rings. The van der Waals surface area contributed by atoms with Gasteiger partial charge in [0.05, 0.1) is 0 Å². The van der Waals surface area contributed by atoms with Gasteiger partial charge in [-0.15, -0.1) is 10.2 Å². The average Bonchev–Trinajstić information content (AvgIpc) is 2.72. The molecule has 1 amide bonds. The third kappa shape index (κ3) is 5.79. The number of aryl methyl sites for hydroxylation is 1. The smallest absolute Gasteiger partial charge is 0.272 e. The highest BCUT2D eigenvalue weighted by atomic mass is 35.5. The van der Waals surface area contributed by atoms with Crippen LogP contribution in [-0.2, 0) is 13.0 Å². The minimum atomic E-state index is -0.280. The molecule has 1 heterocycles. The van der Waals surface area contributed by atoms with Crippen molar-refractivity contribution >= 4 is 23.3 Å². The number of aromatic nitrogens is 2. The van der Waals surface area contributed by atoms with Crippen LogP contribution in [0.5, 0.6) is 0 Å². The standard InChI is InChI=1S/C21H21ClN4O/c22-18-11-5-4-10-17(18)15-24-21(27)19-12-13-20(26-25-19)23-14-6-9-16-7-2-1-3-8-16/h1-5,7-8,10-13H,6,9,14-15H2,(H,23,26)(H,24,27). The first-order valence-electron chi connectivity index (χ1n) is 8.85. The van der Waals surface area contributed by atoms with Gasteiger partial charge in [0.2, 0.25) is 0 Å². The lowest BCUT2D eigenvalue weighted by Gasteiger charge is -2.07. The summed E-state index contributed by atoms with van der Waals surface area (Å²) in [4.78, 5) is 12.2. The Morgan fingerprint density at radius 3 is 2.44 bits per heavy atom. The molecule has 6 heteroatoms. The Morgan fingerprint density at radius 2 is 1.70 bits per heavy atom. The molecule has 3 aromatic rings.